The van der Waals surface area contributed by atoms with Crippen molar-refractivity contribution in [3.8, 4) is 0 Å². The molecule has 1 N–H and O–H groups in total. The zero-order valence-electron chi connectivity index (χ0n) is 15.8. The number of aromatic nitrogens is 1. The molecule has 0 saturated carbocycles. The first-order valence-electron chi connectivity index (χ1n) is 9.84. The monoisotopic (exact) mass is 379 g/mol. The fraction of sp³-hybridized carbons (Fsp3) is 0.409. The van der Waals surface area contributed by atoms with Crippen LogP contribution in [0.4, 0.5) is 5.69 Å². The average molecular weight is 379 g/mol. The molecule has 1 atom stereocenters. The number of piperidine rings is 1. The van der Waals surface area contributed by atoms with E-state index in [0.29, 0.717) is 31.6 Å². The number of likely N-dealkylation sites (tertiary alicyclic amines) is 1. The van der Waals surface area contributed by atoms with Gasteiger partial charge in [0.05, 0.1) is 23.9 Å². The first kappa shape index (κ1) is 18.6. The summed E-state index contributed by atoms with van der Waals surface area (Å²) in [4.78, 5) is 31.0. The summed E-state index contributed by atoms with van der Waals surface area (Å²) in [6.45, 7) is 1.37. The fourth-order valence-electron chi connectivity index (χ4n) is 4.07. The van der Waals surface area contributed by atoms with Crippen LogP contribution in [0, 0.1) is 0 Å². The van der Waals surface area contributed by atoms with Crippen molar-refractivity contribution in [2.75, 3.05) is 18.4 Å². The van der Waals surface area contributed by atoms with E-state index in [4.69, 9.17) is 4.74 Å². The molecule has 2 fully saturated rings. The molecule has 28 heavy (non-hydrogen) atoms. The predicted molar refractivity (Wildman–Crippen MR) is 106 cm³/mol. The Morgan fingerprint density at radius 3 is 2.61 bits per heavy atom. The number of anilines is 1. The molecule has 0 radical (unpaired) electrons. The van der Waals surface area contributed by atoms with Crippen molar-refractivity contribution in [3.05, 3.63) is 60.4 Å². The lowest BCUT2D eigenvalue weighted by atomic mass is 9.88. The number of ether oxygens (including phenoxy) is 1. The molecule has 1 aromatic heterocycles. The Morgan fingerprint density at radius 1 is 1.11 bits per heavy atom. The zero-order valence-corrected chi connectivity index (χ0v) is 15.8. The normalized spacial score (nSPS) is 20.9. The maximum atomic E-state index is 12.6. The maximum Gasteiger partial charge on any atom is 0.253 e. The van der Waals surface area contributed by atoms with Crippen LogP contribution >= 0.6 is 0 Å². The van der Waals surface area contributed by atoms with Gasteiger partial charge in [0.2, 0.25) is 5.91 Å². The summed E-state index contributed by atoms with van der Waals surface area (Å²) in [5, 5.41) is 2.87. The Hall–Kier alpha value is -2.73. The van der Waals surface area contributed by atoms with E-state index >= 15 is 0 Å². The lowest BCUT2D eigenvalue weighted by Gasteiger charge is -2.39. The number of hydrogen-bond donors (Lipinski definition) is 1. The molecule has 2 aromatic rings. The van der Waals surface area contributed by atoms with Gasteiger partial charge in [-0.1, -0.05) is 30.3 Å². The Balaban J connectivity index is 1.28. The van der Waals surface area contributed by atoms with Crippen molar-refractivity contribution < 1.29 is 14.3 Å². The molecule has 2 aliphatic rings. The molecule has 0 bridgehead atoms. The van der Waals surface area contributed by atoms with Crippen molar-refractivity contribution in [3.63, 3.8) is 0 Å². The lowest BCUT2D eigenvalue weighted by Crippen LogP contribution is -2.47. The van der Waals surface area contributed by atoms with Gasteiger partial charge in [-0.15, -0.1) is 0 Å². The molecule has 1 aromatic carbocycles. The molecule has 0 aliphatic carbocycles. The van der Waals surface area contributed by atoms with E-state index in [0.717, 1.165) is 24.8 Å². The van der Waals surface area contributed by atoms with E-state index < -0.39 is 6.10 Å². The van der Waals surface area contributed by atoms with E-state index in [1.54, 1.807) is 18.5 Å². The highest BCUT2D eigenvalue weighted by Crippen LogP contribution is 2.39. The van der Waals surface area contributed by atoms with E-state index in [9.17, 15) is 9.59 Å². The molecule has 1 spiro atoms. The second kappa shape index (κ2) is 8.10. The van der Waals surface area contributed by atoms with Crippen LogP contribution in [0.2, 0.25) is 0 Å². The molecule has 2 saturated heterocycles. The first-order chi connectivity index (χ1) is 13.6. The van der Waals surface area contributed by atoms with Gasteiger partial charge in [0.25, 0.3) is 5.91 Å². The van der Waals surface area contributed by atoms with E-state index in [1.807, 2.05) is 41.3 Å². The van der Waals surface area contributed by atoms with Gasteiger partial charge >= 0.3 is 0 Å². The number of nitrogens with one attached hydrogen (secondary N) is 1. The van der Waals surface area contributed by atoms with Crippen LogP contribution < -0.4 is 5.32 Å². The lowest BCUT2D eigenvalue weighted by molar-refractivity contribution is -0.143. The summed E-state index contributed by atoms with van der Waals surface area (Å²) in [7, 11) is 0. The topological polar surface area (TPSA) is 71.5 Å². The van der Waals surface area contributed by atoms with Crippen molar-refractivity contribution in [1.29, 1.82) is 0 Å². The fourth-order valence-corrected chi connectivity index (χ4v) is 4.07. The minimum absolute atomic E-state index is 0.118. The number of carbonyl (C=O) groups is 2. The summed E-state index contributed by atoms with van der Waals surface area (Å²) in [5.41, 5.74) is 1.44. The number of carbonyl (C=O) groups excluding carboxylic acids is 2. The summed E-state index contributed by atoms with van der Waals surface area (Å²) in [5.74, 6) is 0.0392. The smallest absolute Gasteiger partial charge is 0.253 e. The molecule has 2 aliphatic heterocycles. The first-order valence-corrected chi connectivity index (χ1v) is 9.84. The number of hydrogen-bond acceptors (Lipinski definition) is 4. The second-order valence-electron chi connectivity index (χ2n) is 7.60. The van der Waals surface area contributed by atoms with Crippen molar-refractivity contribution in [2.24, 2.45) is 0 Å². The number of pyridine rings is 1. The molecule has 6 nitrogen and oxygen atoms in total. The highest BCUT2D eigenvalue weighted by Gasteiger charge is 2.45. The third kappa shape index (κ3) is 4.22. The third-order valence-electron chi connectivity index (χ3n) is 5.70. The summed E-state index contributed by atoms with van der Waals surface area (Å²) >= 11 is 0. The van der Waals surface area contributed by atoms with Crippen LogP contribution in [0.5, 0.6) is 0 Å². The van der Waals surface area contributed by atoms with Crippen LogP contribution in [-0.2, 0) is 20.7 Å². The minimum Gasteiger partial charge on any atom is -0.362 e. The quantitative estimate of drug-likeness (QED) is 0.887. The summed E-state index contributed by atoms with van der Waals surface area (Å²) in [6, 6.07) is 13.4. The molecule has 6 heteroatoms. The molecule has 3 heterocycles. The van der Waals surface area contributed by atoms with Gasteiger partial charge in [0.1, 0.15) is 6.10 Å². The van der Waals surface area contributed by atoms with Crippen LogP contribution in [0.25, 0.3) is 0 Å². The average Bonchev–Trinajstić information content (AvgIpc) is 3.14. The summed E-state index contributed by atoms with van der Waals surface area (Å²) in [6.07, 6.45) is 6.43. The number of amides is 2. The van der Waals surface area contributed by atoms with Gasteiger partial charge in [0.15, 0.2) is 0 Å². The van der Waals surface area contributed by atoms with Gasteiger partial charge in [-0.05, 0) is 43.4 Å². The van der Waals surface area contributed by atoms with Gasteiger partial charge in [-0.3, -0.25) is 14.6 Å². The molecular weight excluding hydrogens is 354 g/mol. The SMILES string of the molecule is O=C(Nc1cccnc1)[C@H]1CCC2(CCN(C(=O)Cc3ccccc3)CC2)O1. The molecule has 2 amide bonds. The Morgan fingerprint density at radius 2 is 1.89 bits per heavy atom. The second-order valence-corrected chi connectivity index (χ2v) is 7.60. The highest BCUT2D eigenvalue weighted by molar-refractivity contribution is 5.94. The van der Waals surface area contributed by atoms with Crippen molar-refractivity contribution >= 4 is 17.5 Å². The highest BCUT2D eigenvalue weighted by atomic mass is 16.5. The minimum atomic E-state index is -0.438. The molecule has 4 rings (SSSR count). The van der Waals surface area contributed by atoms with Crippen LogP contribution in [-0.4, -0.2) is 46.5 Å². The van der Waals surface area contributed by atoms with Crippen LogP contribution in [0.3, 0.4) is 0 Å². The Bertz CT molecular complexity index is 817. The number of rotatable bonds is 4. The van der Waals surface area contributed by atoms with Gasteiger partial charge in [-0.2, -0.15) is 0 Å². The van der Waals surface area contributed by atoms with Crippen molar-refractivity contribution in [1.82, 2.24) is 9.88 Å². The Labute approximate surface area is 164 Å². The number of benzene rings is 1. The molecule has 0 unspecified atom stereocenters. The van der Waals surface area contributed by atoms with Crippen LogP contribution in [0.1, 0.15) is 31.2 Å². The van der Waals surface area contributed by atoms with E-state index in [-0.39, 0.29) is 17.4 Å². The van der Waals surface area contributed by atoms with E-state index in [1.165, 1.54) is 0 Å². The molecule has 146 valence electrons. The summed E-state index contributed by atoms with van der Waals surface area (Å²) < 4.78 is 6.20. The number of nitrogens with zero attached hydrogens (tertiary/aromatic N) is 2. The zero-order chi connectivity index (χ0) is 19.4. The van der Waals surface area contributed by atoms with Crippen molar-refractivity contribution in [2.45, 2.75) is 43.8 Å². The standard InChI is InChI=1S/C22H25N3O3/c26-20(15-17-5-2-1-3-6-17)25-13-10-22(11-14-25)9-8-19(28-22)21(27)24-18-7-4-12-23-16-18/h1-7,12,16,19H,8-11,13-15H2,(H,24,27)/t19-/m1/s1. The van der Waals surface area contributed by atoms with Gasteiger partial charge in [0, 0.05) is 19.3 Å². The molecular formula is C22H25N3O3. The van der Waals surface area contributed by atoms with Gasteiger partial charge in [-0.25, -0.2) is 0 Å². The Kier molecular flexibility index (Phi) is 5.39. The van der Waals surface area contributed by atoms with E-state index in [2.05, 4.69) is 10.3 Å². The largest absolute Gasteiger partial charge is 0.362 e. The van der Waals surface area contributed by atoms with Crippen LogP contribution in [0.15, 0.2) is 54.9 Å². The van der Waals surface area contributed by atoms with Gasteiger partial charge < -0.3 is 15.0 Å². The predicted octanol–water partition coefficient (Wildman–Crippen LogP) is 2.80. The third-order valence-corrected chi connectivity index (χ3v) is 5.70. The maximum absolute atomic E-state index is 12.6.